The van der Waals surface area contributed by atoms with Crippen LogP contribution in [0.2, 0.25) is 5.02 Å². The SMILES string of the molecule is COc1cccc(CNCCNCC(C)O)c1OCc1ccc(F)cc1Cl. The monoisotopic (exact) mass is 396 g/mol. The van der Waals surface area contributed by atoms with Crippen molar-refractivity contribution in [1.29, 1.82) is 0 Å². The standard InChI is InChI=1S/C20H26ClFN2O3/c1-14(25)11-23-8-9-24-12-15-4-3-5-19(26-2)20(15)27-13-16-6-7-17(22)10-18(16)21/h3-7,10,14,23-25H,8-9,11-13H2,1-2H3. The van der Waals surface area contributed by atoms with Crippen LogP contribution in [0.15, 0.2) is 36.4 Å². The number of rotatable bonds is 11. The summed E-state index contributed by atoms with van der Waals surface area (Å²) < 4.78 is 24.6. The van der Waals surface area contributed by atoms with Crippen LogP contribution in [0.3, 0.4) is 0 Å². The van der Waals surface area contributed by atoms with Gasteiger partial charge in [0.1, 0.15) is 12.4 Å². The van der Waals surface area contributed by atoms with E-state index in [1.807, 2.05) is 18.2 Å². The van der Waals surface area contributed by atoms with Crippen LogP contribution >= 0.6 is 11.6 Å². The molecular weight excluding hydrogens is 371 g/mol. The number of hydrogen-bond donors (Lipinski definition) is 3. The van der Waals surface area contributed by atoms with Crippen LogP contribution in [0.25, 0.3) is 0 Å². The van der Waals surface area contributed by atoms with Crippen LogP contribution in [-0.2, 0) is 13.2 Å². The first-order valence-electron chi connectivity index (χ1n) is 8.83. The van der Waals surface area contributed by atoms with E-state index in [2.05, 4.69) is 10.6 Å². The Kier molecular flexibility index (Phi) is 8.81. The highest BCUT2D eigenvalue weighted by Gasteiger charge is 2.12. The summed E-state index contributed by atoms with van der Waals surface area (Å²) in [7, 11) is 1.59. The van der Waals surface area contributed by atoms with Crippen molar-refractivity contribution in [3.8, 4) is 11.5 Å². The van der Waals surface area contributed by atoms with E-state index in [4.69, 9.17) is 21.1 Å². The molecule has 0 amide bonds. The van der Waals surface area contributed by atoms with Crippen molar-refractivity contribution in [1.82, 2.24) is 10.6 Å². The largest absolute Gasteiger partial charge is 0.493 e. The van der Waals surface area contributed by atoms with E-state index >= 15 is 0 Å². The molecule has 0 saturated carbocycles. The van der Waals surface area contributed by atoms with Gasteiger partial charge in [-0.25, -0.2) is 4.39 Å². The summed E-state index contributed by atoms with van der Waals surface area (Å²) >= 11 is 6.08. The summed E-state index contributed by atoms with van der Waals surface area (Å²) in [5.41, 5.74) is 1.65. The maximum Gasteiger partial charge on any atom is 0.166 e. The fraction of sp³-hybridized carbons (Fsp3) is 0.400. The summed E-state index contributed by atoms with van der Waals surface area (Å²) in [6.45, 7) is 4.60. The lowest BCUT2D eigenvalue weighted by Gasteiger charge is -2.16. The van der Waals surface area contributed by atoms with Gasteiger partial charge in [-0.1, -0.05) is 29.8 Å². The van der Waals surface area contributed by atoms with E-state index in [0.29, 0.717) is 35.2 Å². The Hall–Kier alpha value is -1.86. The number of hydrogen-bond acceptors (Lipinski definition) is 5. The number of para-hydroxylation sites is 1. The average Bonchev–Trinajstić information content (AvgIpc) is 2.64. The molecule has 3 N–H and O–H groups in total. The lowest BCUT2D eigenvalue weighted by Crippen LogP contribution is -2.31. The molecule has 148 valence electrons. The van der Waals surface area contributed by atoms with Crippen LogP contribution in [0.4, 0.5) is 4.39 Å². The van der Waals surface area contributed by atoms with Gasteiger partial charge >= 0.3 is 0 Å². The first-order valence-corrected chi connectivity index (χ1v) is 9.21. The third-order valence-corrected chi connectivity index (χ3v) is 4.25. The molecule has 1 atom stereocenters. The highest BCUT2D eigenvalue weighted by atomic mass is 35.5. The molecular formula is C20H26ClFN2O3. The van der Waals surface area contributed by atoms with Crippen molar-refractivity contribution < 1.29 is 19.0 Å². The van der Waals surface area contributed by atoms with Gasteiger partial charge in [0.25, 0.3) is 0 Å². The first kappa shape index (κ1) is 21.4. The van der Waals surface area contributed by atoms with Crippen molar-refractivity contribution in [2.45, 2.75) is 26.2 Å². The van der Waals surface area contributed by atoms with Crippen LogP contribution in [0.5, 0.6) is 11.5 Å². The molecule has 0 heterocycles. The minimum atomic E-state index is -0.380. The molecule has 0 spiro atoms. The van der Waals surface area contributed by atoms with Crippen LogP contribution < -0.4 is 20.1 Å². The molecule has 0 saturated heterocycles. The maximum atomic E-state index is 13.2. The van der Waals surface area contributed by atoms with E-state index in [1.54, 1.807) is 20.1 Å². The Labute approximate surface area is 164 Å². The second-order valence-corrected chi connectivity index (χ2v) is 6.61. The Bertz CT molecular complexity index is 728. The van der Waals surface area contributed by atoms with E-state index in [9.17, 15) is 9.50 Å². The van der Waals surface area contributed by atoms with E-state index in [0.717, 1.165) is 18.7 Å². The van der Waals surface area contributed by atoms with Gasteiger partial charge in [0, 0.05) is 37.3 Å². The van der Waals surface area contributed by atoms with Crippen molar-refractivity contribution >= 4 is 11.6 Å². The number of aliphatic hydroxyl groups is 1. The van der Waals surface area contributed by atoms with Crippen LogP contribution in [0, 0.1) is 5.82 Å². The number of ether oxygens (including phenoxy) is 2. The summed E-state index contributed by atoms with van der Waals surface area (Å²) in [5, 5.41) is 16.0. The molecule has 0 aromatic heterocycles. The zero-order valence-electron chi connectivity index (χ0n) is 15.6. The van der Waals surface area contributed by atoms with Gasteiger partial charge < -0.3 is 25.2 Å². The molecule has 0 aliphatic heterocycles. The fourth-order valence-electron chi connectivity index (χ4n) is 2.52. The average molecular weight is 397 g/mol. The van der Waals surface area contributed by atoms with Gasteiger partial charge in [-0.15, -0.1) is 0 Å². The summed E-state index contributed by atoms with van der Waals surface area (Å²) in [4.78, 5) is 0. The molecule has 0 bridgehead atoms. The lowest BCUT2D eigenvalue weighted by molar-refractivity contribution is 0.191. The quantitative estimate of drug-likeness (QED) is 0.509. The molecule has 5 nitrogen and oxygen atoms in total. The summed E-state index contributed by atoms with van der Waals surface area (Å²) in [6.07, 6.45) is -0.360. The second-order valence-electron chi connectivity index (χ2n) is 6.20. The van der Waals surface area contributed by atoms with Gasteiger partial charge in [0.2, 0.25) is 0 Å². The normalized spacial score (nSPS) is 12.0. The third-order valence-electron chi connectivity index (χ3n) is 3.90. The minimum Gasteiger partial charge on any atom is -0.493 e. The van der Waals surface area contributed by atoms with Crippen molar-refractivity contribution in [3.63, 3.8) is 0 Å². The predicted octanol–water partition coefficient (Wildman–Crippen LogP) is 3.13. The smallest absolute Gasteiger partial charge is 0.166 e. The van der Waals surface area contributed by atoms with E-state index in [1.165, 1.54) is 12.1 Å². The van der Waals surface area contributed by atoms with Crippen molar-refractivity contribution in [2.24, 2.45) is 0 Å². The number of nitrogens with one attached hydrogen (secondary N) is 2. The van der Waals surface area contributed by atoms with Gasteiger partial charge in [0.15, 0.2) is 11.5 Å². The molecule has 7 heteroatoms. The molecule has 27 heavy (non-hydrogen) atoms. The van der Waals surface area contributed by atoms with Gasteiger partial charge in [0.05, 0.1) is 18.2 Å². The summed E-state index contributed by atoms with van der Waals surface area (Å²) in [6, 6.07) is 9.93. The van der Waals surface area contributed by atoms with E-state index in [-0.39, 0.29) is 18.5 Å². The molecule has 0 radical (unpaired) electrons. The van der Waals surface area contributed by atoms with Crippen LogP contribution in [-0.4, -0.2) is 38.0 Å². The molecule has 0 fully saturated rings. The number of benzene rings is 2. The molecule has 0 aliphatic carbocycles. The zero-order chi connectivity index (χ0) is 19.6. The predicted molar refractivity (Wildman–Crippen MR) is 105 cm³/mol. The Morgan fingerprint density at radius 3 is 2.63 bits per heavy atom. The molecule has 0 aliphatic rings. The summed E-state index contributed by atoms with van der Waals surface area (Å²) in [5.74, 6) is 0.875. The molecule has 2 aromatic carbocycles. The fourth-order valence-corrected chi connectivity index (χ4v) is 2.75. The highest BCUT2D eigenvalue weighted by molar-refractivity contribution is 6.31. The Morgan fingerprint density at radius 2 is 1.93 bits per heavy atom. The second kappa shape index (κ2) is 11.1. The molecule has 2 aromatic rings. The number of methoxy groups -OCH3 is 1. The third kappa shape index (κ3) is 6.99. The maximum absolute atomic E-state index is 13.2. The highest BCUT2D eigenvalue weighted by Crippen LogP contribution is 2.32. The lowest BCUT2D eigenvalue weighted by atomic mass is 10.1. The molecule has 1 unspecified atom stereocenters. The zero-order valence-corrected chi connectivity index (χ0v) is 16.4. The number of aliphatic hydroxyl groups excluding tert-OH is 1. The van der Waals surface area contributed by atoms with Crippen molar-refractivity contribution in [3.05, 3.63) is 58.4 Å². The van der Waals surface area contributed by atoms with E-state index < -0.39 is 0 Å². The number of halogens is 2. The minimum absolute atomic E-state index is 0.211. The Balaban J connectivity index is 1.97. The first-order chi connectivity index (χ1) is 13.0. The Morgan fingerprint density at radius 1 is 1.15 bits per heavy atom. The van der Waals surface area contributed by atoms with Crippen molar-refractivity contribution in [2.75, 3.05) is 26.7 Å². The topological polar surface area (TPSA) is 62.8 Å². The van der Waals surface area contributed by atoms with Gasteiger partial charge in [-0.3, -0.25) is 0 Å². The van der Waals surface area contributed by atoms with Crippen LogP contribution in [0.1, 0.15) is 18.1 Å². The van der Waals surface area contributed by atoms with Gasteiger partial charge in [-0.2, -0.15) is 0 Å². The van der Waals surface area contributed by atoms with Gasteiger partial charge in [-0.05, 0) is 25.1 Å². The molecule has 2 rings (SSSR count).